The highest BCUT2D eigenvalue weighted by atomic mass is 35.5. The van der Waals surface area contributed by atoms with Gasteiger partial charge < -0.3 is 9.73 Å². The lowest BCUT2D eigenvalue weighted by molar-refractivity contribution is 0.101. The SMILES string of the molecule is Cn1nccc1C(=O)Nc1ccc(-c2nc3cccc(C(=O)Cl)c3o2)cc1. The molecule has 0 aliphatic heterocycles. The molecule has 0 aliphatic carbocycles. The maximum Gasteiger partial charge on any atom is 0.273 e. The average molecular weight is 381 g/mol. The van der Waals surface area contributed by atoms with Gasteiger partial charge in [0, 0.05) is 24.5 Å². The topological polar surface area (TPSA) is 90.0 Å². The zero-order valence-corrected chi connectivity index (χ0v) is 14.9. The van der Waals surface area contributed by atoms with Gasteiger partial charge in [0.25, 0.3) is 11.1 Å². The van der Waals surface area contributed by atoms with Crippen molar-refractivity contribution in [3.8, 4) is 11.5 Å². The van der Waals surface area contributed by atoms with Gasteiger partial charge in [-0.15, -0.1) is 0 Å². The number of fused-ring (bicyclic) bond motifs is 1. The molecule has 0 saturated carbocycles. The molecule has 27 heavy (non-hydrogen) atoms. The molecule has 2 aromatic carbocycles. The Kier molecular flexibility index (Phi) is 4.21. The van der Waals surface area contributed by atoms with Crippen LogP contribution in [0.25, 0.3) is 22.6 Å². The molecule has 0 bridgehead atoms. The molecule has 8 heteroatoms. The van der Waals surface area contributed by atoms with E-state index in [1.54, 1.807) is 61.8 Å². The lowest BCUT2D eigenvalue weighted by Crippen LogP contribution is -2.15. The van der Waals surface area contributed by atoms with Crippen LogP contribution in [0.2, 0.25) is 0 Å². The molecular weight excluding hydrogens is 368 g/mol. The predicted molar refractivity (Wildman–Crippen MR) is 101 cm³/mol. The van der Waals surface area contributed by atoms with Crippen LogP contribution in [0.3, 0.4) is 0 Å². The number of anilines is 1. The Morgan fingerprint density at radius 3 is 2.56 bits per heavy atom. The number of oxazole rings is 1. The third-order valence-corrected chi connectivity index (χ3v) is 4.27. The van der Waals surface area contributed by atoms with E-state index in [0.29, 0.717) is 33.9 Å². The Bertz CT molecular complexity index is 1160. The van der Waals surface area contributed by atoms with Gasteiger partial charge >= 0.3 is 0 Å². The van der Waals surface area contributed by atoms with Crippen LogP contribution in [-0.4, -0.2) is 25.9 Å². The molecule has 7 nitrogen and oxygen atoms in total. The van der Waals surface area contributed by atoms with E-state index in [4.69, 9.17) is 16.0 Å². The van der Waals surface area contributed by atoms with E-state index in [0.717, 1.165) is 0 Å². The first-order valence-electron chi connectivity index (χ1n) is 8.02. The molecule has 0 atom stereocenters. The fraction of sp³-hybridized carbons (Fsp3) is 0.0526. The molecule has 0 unspecified atom stereocenters. The molecule has 1 N–H and O–H groups in total. The summed E-state index contributed by atoms with van der Waals surface area (Å²) < 4.78 is 7.22. The molecule has 4 rings (SSSR count). The Labute approximate surface area is 158 Å². The number of halogens is 1. The molecule has 0 aliphatic rings. The second kappa shape index (κ2) is 6.69. The Balaban J connectivity index is 1.60. The Morgan fingerprint density at radius 2 is 1.89 bits per heavy atom. The molecule has 4 aromatic rings. The lowest BCUT2D eigenvalue weighted by Gasteiger charge is -2.05. The van der Waals surface area contributed by atoms with E-state index >= 15 is 0 Å². The van der Waals surface area contributed by atoms with Crippen molar-refractivity contribution < 1.29 is 14.0 Å². The number of nitrogens with one attached hydrogen (secondary N) is 1. The normalized spacial score (nSPS) is 10.9. The minimum Gasteiger partial charge on any atom is -0.435 e. The average Bonchev–Trinajstić information content (AvgIpc) is 3.27. The van der Waals surface area contributed by atoms with Crippen LogP contribution in [0.5, 0.6) is 0 Å². The number of carbonyl (C=O) groups excluding carboxylic acids is 2. The van der Waals surface area contributed by atoms with Crippen LogP contribution in [0.1, 0.15) is 20.8 Å². The number of para-hydroxylation sites is 1. The van der Waals surface area contributed by atoms with E-state index in [1.165, 1.54) is 4.68 Å². The molecule has 2 aromatic heterocycles. The second-order valence-corrected chi connectivity index (χ2v) is 6.16. The standard InChI is InChI=1S/C19H13ClN4O3/c1-24-15(9-10-21-24)18(26)22-12-7-5-11(6-8-12)19-23-14-4-2-3-13(17(20)25)16(14)27-19/h2-10H,1H3,(H,22,26). The van der Waals surface area contributed by atoms with Crippen molar-refractivity contribution in [2.24, 2.45) is 7.05 Å². The van der Waals surface area contributed by atoms with Crippen LogP contribution in [0, 0.1) is 0 Å². The quantitative estimate of drug-likeness (QED) is 0.543. The number of aryl methyl sites for hydroxylation is 1. The first-order valence-corrected chi connectivity index (χ1v) is 8.40. The number of benzene rings is 2. The molecule has 0 radical (unpaired) electrons. The number of rotatable bonds is 4. The maximum atomic E-state index is 12.2. The smallest absolute Gasteiger partial charge is 0.273 e. The maximum absolute atomic E-state index is 12.2. The molecule has 0 fully saturated rings. The zero-order valence-electron chi connectivity index (χ0n) is 14.1. The van der Waals surface area contributed by atoms with Crippen LogP contribution in [0.15, 0.2) is 59.1 Å². The summed E-state index contributed by atoms with van der Waals surface area (Å²) in [5, 5.41) is 6.18. The second-order valence-electron chi connectivity index (χ2n) is 5.82. The van der Waals surface area contributed by atoms with Gasteiger partial charge in [-0.05, 0) is 54.1 Å². The first-order chi connectivity index (χ1) is 13.0. The molecular formula is C19H13ClN4O3. The molecule has 0 spiro atoms. The van der Waals surface area contributed by atoms with Crippen LogP contribution in [0.4, 0.5) is 5.69 Å². The summed E-state index contributed by atoms with van der Waals surface area (Å²) in [5.74, 6) is 0.106. The van der Waals surface area contributed by atoms with Gasteiger partial charge in [0.1, 0.15) is 11.2 Å². The number of hydrogen-bond acceptors (Lipinski definition) is 5. The van der Waals surface area contributed by atoms with Crippen LogP contribution < -0.4 is 5.32 Å². The number of aromatic nitrogens is 3. The summed E-state index contributed by atoms with van der Waals surface area (Å²) in [5.41, 5.74) is 2.95. The molecule has 1 amide bonds. The fourth-order valence-electron chi connectivity index (χ4n) is 2.72. The van der Waals surface area contributed by atoms with E-state index in [9.17, 15) is 9.59 Å². The minimum absolute atomic E-state index is 0.255. The van der Waals surface area contributed by atoms with Crippen molar-refractivity contribution in [2.45, 2.75) is 0 Å². The van der Waals surface area contributed by atoms with E-state index in [1.807, 2.05) is 0 Å². The minimum atomic E-state index is -0.600. The largest absolute Gasteiger partial charge is 0.435 e. The first kappa shape index (κ1) is 17.0. The van der Waals surface area contributed by atoms with E-state index < -0.39 is 5.24 Å². The predicted octanol–water partition coefficient (Wildman–Crippen LogP) is 3.86. The summed E-state index contributed by atoms with van der Waals surface area (Å²) in [7, 11) is 1.70. The zero-order chi connectivity index (χ0) is 19.0. The van der Waals surface area contributed by atoms with Crippen molar-refractivity contribution in [3.63, 3.8) is 0 Å². The highest BCUT2D eigenvalue weighted by Gasteiger charge is 2.15. The van der Waals surface area contributed by atoms with Crippen molar-refractivity contribution in [1.82, 2.24) is 14.8 Å². The summed E-state index contributed by atoms with van der Waals surface area (Å²) in [4.78, 5) is 28.1. The van der Waals surface area contributed by atoms with Gasteiger partial charge in [0.05, 0.1) is 5.56 Å². The van der Waals surface area contributed by atoms with Crippen molar-refractivity contribution in [3.05, 3.63) is 66.0 Å². The van der Waals surface area contributed by atoms with Gasteiger partial charge in [-0.25, -0.2) is 4.98 Å². The third-order valence-electron chi connectivity index (χ3n) is 4.07. The summed E-state index contributed by atoms with van der Waals surface area (Å²) in [6, 6.07) is 13.7. The molecule has 134 valence electrons. The summed E-state index contributed by atoms with van der Waals surface area (Å²) in [6.45, 7) is 0. The lowest BCUT2D eigenvalue weighted by atomic mass is 10.2. The van der Waals surface area contributed by atoms with E-state index in [-0.39, 0.29) is 11.5 Å². The number of hydrogen-bond donors (Lipinski definition) is 1. The molecule has 2 heterocycles. The fourth-order valence-corrected chi connectivity index (χ4v) is 2.86. The van der Waals surface area contributed by atoms with Gasteiger partial charge in [-0.3, -0.25) is 14.3 Å². The highest BCUT2D eigenvalue weighted by Crippen LogP contribution is 2.28. The number of nitrogens with zero attached hydrogens (tertiary/aromatic N) is 3. The molecule has 0 saturated heterocycles. The van der Waals surface area contributed by atoms with Crippen molar-refractivity contribution in [2.75, 3.05) is 5.32 Å². The number of amides is 1. The summed E-state index contributed by atoms with van der Waals surface area (Å²) in [6.07, 6.45) is 1.56. The van der Waals surface area contributed by atoms with Gasteiger partial charge in [0.2, 0.25) is 5.89 Å². The van der Waals surface area contributed by atoms with Crippen molar-refractivity contribution >= 4 is 39.5 Å². The Hall–Kier alpha value is -3.45. The Morgan fingerprint density at radius 1 is 1.11 bits per heavy atom. The van der Waals surface area contributed by atoms with Gasteiger partial charge in [0.15, 0.2) is 5.58 Å². The van der Waals surface area contributed by atoms with Crippen LogP contribution in [-0.2, 0) is 7.05 Å². The van der Waals surface area contributed by atoms with Gasteiger partial charge in [-0.2, -0.15) is 5.10 Å². The van der Waals surface area contributed by atoms with Crippen molar-refractivity contribution in [1.29, 1.82) is 0 Å². The van der Waals surface area contributed by atoms with E-state index in [2.05, 4.69) is 15.4 Å². The summed E-state index contributed by atoms with van der Waals surface area (Å²) >= 11 is 5.59. The monoisotopic (exact) mass is 380 g/mol. The van der Waals surface area contributed by atoms with Gasteiger partial charge in [-0.1, -0.05) is 6.07 Å². The third kappa shape index (κ3) is 3.20. The van der Waals surface area contributed by atoms with Crippen LogP contribution >= 0.6 is 11.6 Å². The number of carbonyl (C=O) groups is 2. The highest BCUT2D eigenvalue weighted by molar-refractivity contribution is 6.68.